The molecule has 0 saturated heterocycles. The normalized spacial score (nSPS) is 13.6. The molecular weight excluding hydrogens is 254 g/mol. The second-order valence-electron chi connectivity index (χ2n) is 4.60. The minimum Gasteiger partial charge on any atom is -0.379 e. The molecule has 0 aliphatic carbocycles. The quantitative estimate of drug-likeness (QED) is 0.863. The van der Waals surface area contributed by atoms with E-state index in [9.17, 15) is 9.59 Å². The Hall–Kier alpha value is -2.69. The maximum Gasteiger partial charge on any atom is 0.261 e. The number of anilines is 1. The van der Waals surface area contributed by atoms with Crippen LogP contribution in [-0.4, -0.2) is 28.7 Å². The third-order valence-corrected chi connectivity index (χ3v) is 3.29. The molecule has 1 aliphatic heterocycles. The van der Waals surface area contributed by atoms with Crippen molar-refractivity contribution >= 4 is 17.5 Å². The highest BCUT2D eigenvalue weighted by Crippen LogP contribution is 2.24. The van der Waals surface area contributed by atoms with Gasteiger partial charge in [-0.05, 0) is 30.3 Å². The van der Waals surface area contributed by atoms with Gasteiger partial charge in [0.2, 0.25) is 0 Å². The first-order chi connectivity index (χ1) is 9.66. The summed E-state index contributed by atoms with van der Waals surface area (Å²) >= 11 is 0. The molecule has 5 nitrogen and oxygen atoms in total. The van der Waals surface area contributed by atoms with E-state index in [1.54, 1.807) is 24.4 Å². The molecule has 0 spiro atoms. The summed E-state index contributed by atoms with van der Waals surface area (Å²) in [7, 11) is 1.49. The number of fused-ring (bicyclic) bond motifs is 1. The van der Waals surface area contributed by atoms with Gasteiger partial charge in [0.15, 0.2) is 0 Å². The minimum atomic E-state index is -0.258. The van der Waals surface area contributed by atoms with Crippen molar-refractivity contribution in [1.82, 2.24) is 9.88 Å². The number of imide groups is 1. The third-order valence-electron chi connectivity index (χ3n) is 3.29. The molecular formula is C15H13N3O2. The fourth-order valence-electron chi connectivity index (χ4n) is 2.17. The molecule has 1 aromatic heterocycles. The van der Waals surface area contributed by atoms with Gasteiger partial charge in [0.1, 0.15) is 0 Å². The molecule has 2 amide bonds. The number of nitrogens with zero attached hydrogens (tertiary/aromatic N) is 2. The van der Waals surface area contributed by atoms with Gasteiger partial charge in [0, 0.05) is 18.9 Å². The first-order valence-electron chi connectivity index (χ1n) is 6.27. The molecule has 0 atom stereocenters. The van der Waals surface area contributed by atoms with E-state index in [4.69, 9.17) is 0 Å². The number of hydrogen-bond acceptors (Lipinski definition) is 4. The topological polar surface area (TPSA) is 62.3 Å². The fourth-order valence-corrected chi connectivity index (χ4v) is 2.17. The van der Waals surface area contributed by atoms with Crippen LogP contribution in [0.3, 0.4) is 0 Å². The third kappa shape index (κ3) is 2.03. The van der Waals surface area contributed by atoms with E-state index >= 15 is 0 Å². The van der Waals surface area contributed by atoms with Crippen LogP contribution in [0.4, 0.5) is 5.69 Å². The summed E-state index contributed by atoms with van der Waals surface area (Å²) in [5.74, 6) is -0.507. The first-order valence-corrected chi connectivity index (χ1v) is 6.27. The number of nitrogens with one attached hydrogen (secondary N) is 1. The molecule has 0 saturated carbocycles. The summed E-state index contributed by atoms with van der Waals surface area (Å²) in [6.45, 7) is 0.567. The number of aromatic nitrogens is 1. The molecule has 100 valence electrons. The summed E-state index contributed by atoms with van der Waals surface area (Å²) in [4.78, 5) is 29.0. The van der Waals surface area contributed by atoms with E-state index in [1.165, 1.54) is 7.05 Å². The van der Waals surface area contributed by atoms with E-state index in [2.05, 4.69) is 10.3 Å². The molecule has 0 radical (unpaired) electrons. The zero-order valence-electron chi connectivity index (χ0n) is 11.0. The molecule has 2 aromatic rings. The minimum absolute atomic E-state index is 0.249. The van der Waals surface area contributed by atoms with Crippen LogP contribution in [-0.2, 0) is 6.54 Å². The zero-order chi connectivity index (χ0) is 14.1. The molecule has 1 aromatic carbocycles. The molecule has 0 unspecified atom stereocenters. The standard InChI is InChI=1S/C15H13N3O2/c1-18-14(19)12-6-5-10(8-13(12)15(18)20)17-9-11-4-2-3-7-16-11/h2-8,17H,9H2,1H3. The number of benzene rings is 1. The molecule has 1 aliphatic rings. The van der Waals surface area contributed by atoms with Crippen LogP contribution in [0.25, 0.3) is 0 Å². The maximum atomic E-state index is 11.9. The number of carbonyl (C=O) groups excluding carboxylic acids is 2. The Balaban J connectivity index is 1.80. The summed E-state index contributed by atoms with van der Waals surface area (Å²) in [6, 6.07) is 10.9. The van der Waals surface area contributed by atoms with Gasteiger partial charge in [-0.15, -0.1) is 0 Å². The van der Waals surface area contributed by atoms with E-state index in [1.807, 2.05) is 18.2 Å². The molecule has 5 heteroatoms. The molecule has 2 heterocycles. The van der Waals surface area contributed by atoms with Crippen molar-refractivity contribution in [2.24, 2.45) is 0 Å². The average molecular weight is 267 g/mol. The van der Waals surface area contributed by atoms with E-state index in [0.29, 0.717) is 17.7 Å². The van der Waals surface area contributed by atoms with Crippen LogP contribution in [0.15, 0.2) is 42.6 Å². The van der Waals surface area contributed by atoms with Crippen molar-refractivity contribution in [3.63, 3.8) is 0 Å². The summed E-state index contributed by atoms with van der Waals surface area (Å²) in [5, 5.41) is 3.20. The Morgan fingerprint density at radius 3 is 2.65 bits per heavy atom. The van der Waals surface area contributed by atoms with Crippen LogP contribution in [0.1, 0.15) is 26.4 Å². The highest BCUT2D eigenvalue weighted by molar-refractivity contribution is 6.21. The predicted octanol–water partition coefficient (Wildman–Crippen LogP) is 1.92. The van der Waals surface area contributed by atoms with Crippen LogP contribution < -0.4 is 5.32 Å². The fraction of sp³-hybridized carbons (Fsp3) is 0.133. The smallest absolute Gasteiger partial charge is 0.261 e. The van der Waals surface area contributed by atoms with Gasteiger partial charge < -0.3 is 5.32 Å². The summed E-state index contributed by atoms with van der Waals surface area (Å²) in [5.41, 5.74) is 2.61. The number of amides is 2. The monoisotopic (exact) mass is 267 g/mol. The van der Waals surface area contributed by atoms with Crippen molar-refractivity contribution in [3.05, 3.63) is 59.4 Å². The second kappa shape index (κ2) is 4.77. The van der Waals surface area contributed by atoms with Crippen molar-refractivity contribution in [3.8, 4) is 0 Å². The lowest BCUT2D eigenvalue weighted by molar-refractivity contribution is 0.0693. The maximum absolute atomic E-state index is 11.9. The summed E-state index contributed by atoms with van der Waals surface area (Å²) < 4.78 is 0. The Bertz CT molecular complexity index is 683. The van der Waals surface area contributed by atoms with Gasteiger partial charge >= 0.3 is 0 Å². The van der Waals surface area contributed by atoms with Gasteiger partial charge in [-0.25, -0.2) is 0 Å². The lowest BCUT2D eigenvalue weighted by Gasteiger charge is -2.06. The van der Waals surface area contributed by atoms with Gasteiger partial charge in [-0.3, -0.25) is 19.5 Å². The average Bonchev–Trinajstić information content (AvgIpc) is 2.71. The molecule has 1 N–H and O–H groups in total. The Morgan fingerprint density at radius 2 is 1.90 bits per heavy atom. The first kappa shape index (κ1) is 12.3. The van der Waals surface area contributed by atoms with Gasteiger partial charge in [0.05, 0.1) is 23.4 Å². The molecule has 3 rings (SSSR count). The Labute approximate surface area is 116 Å². The molecule has 0 bridgehead atoms. The number of rotatable bonds is 3. The van der Waals surface area contributed by atoms with Crippen molar-refractivity contribution in [2.75, 3.05) is 12.4 Å². The Kier molecular flexibility index (Phi) is 2.95. The number of hydrogen-bond donors (Lipinski definition) is 1. The van der Waals surface area contributed by atoms with Crippen LogP contribution in [0, 0.1) is 0 Å². The van der Waals surface area contributed by atoms with Crippen molar-refractivity contribution < 1.29 is 9.59 Å². The van der Waals surface area contributed by atoms with Crippen molar-refractivity contribution in [1.29, 1.82) is 0 Å². The summed E-state index contributed by atoms with van der Waals surface area (Å²) in [6.07, 6.45) is 1.73. The SMILES string of the molecule is CN1C(=O)c2ccc(NCc3ccccn3)cc2C1=O. The predicted molar refractivity (Wildman–Crippen MR) is 74.4 cm³/mol. The van der Waals surface area contributed by atoms with E-state index < -0.39 is 0 Å². The highest BCUT2D eigenvalue weighted by Gasteiger charge is 2.32. The van der Waals surface area contributed by atoms with Gasteiger partial charge in [-0.1, -0.05) is 6.07 Å². The second-order valence-corrected chi connectivity index (χ2v) is 4.60. The van der Waals surface area contributed by atoms with Crippen molar-refractivity contribution in [2.45, 2.75) is 6.54 Å². The number of carbonyl (C=O) groups is 2. The van der Waals surface area contributed by atoms with E-state index in [-0.39, 0.29) is 11.8 Å². The largest absolute Gasteiger partial charge is 0.379 e. The molecule has 20 heavy (non-hydrogen) atoms. The van der Waals surface area contributed by atoms with Gasteiger partial charge in [0.25, 0.3) is 11.8 Å². The van der Waals surface area contributed by atoms with Crippen LogP contribution in [0.5, 0.6) is 0 Å². The number of pyridine rings is 1. The lowest BCUT2D eigenvalue weighted by Crippen LogP contribution is -2.24. The highest BCUT2D eigenvalue weighted by atomic mass is 16.2. The van der Waals surface area contributed by atoms with Gasteiger partial charge in [-0.2, -0.15) is 0 Å². The van der Waals surface area contributed by atoms with E-state index in [0.717, 1.165) is 16.3 Å². The van der Waals surface area contributed by atoms with Crippen LogP contribution in [0.2, 0.25) is 0 Å². The lowest BCUT2D eigenvalue weighted by atomic mass is 10.1. The molecule has 0 fully saturated rings. The Morgan fingerprint density at radius 1 is 1.10 bits per heavy atom. The van der Waals surface area contributed by atoms with Crippen LogP contribution >= 0.6 is 0 Å². The zero-order valence-corrected chi connectivity index (χ0v) is 11.0.